The van der Waals surface area contributed by atoms with Gasteiger partial charge in [0.25, 0.3) is 11.6 Å². The highest BCUT2D eigenvalue weighted by Crippen LogP contribution is 2.17. The Morgan fingerprint density at radius 1 is 1.45 bits per heavy atom. The minimum atomic E-state index is -0.461. The summed E-state index contributed by atoms with van der Waals surface area (Å²) in [6, 6.07) is 6.01. The molecule has 1 aromatic rings. The van der Waals surface area contributed by atoms with Crippen LogP contribution in [0.3, 0.4) is 0 Å². The molecule has 1 aliphatic heterocycles. The van der Waals surface area contributed by atoms with Gasteiger partial charge in [-0.3, -0.25) is 14.9 Å². The SMILES string of the molecule is CCN(C(=O)c1ccc([N+](=O)[O-])cc1)C1CCCNC1. The van der Waals surface area contributed by atoms with Gasteiger partial charge in [0.2, 0.25) is 0 Å². The summed E-state index contributed by atoms with van der Waals surface area (Å²) in [6.45, 7) is 4.41. The topological polar surface area (TPSA) is 75.5 Å². The van der Waals surface area contributed by atoms with Crippen LogP contribution in [0, 0.1) is 10.1 Å². The largest absolute Gasteiger partial charge is 0.335 e. The smallest absolute Gasteiger partial charge is 0.269 e. The summed E-state index contributed by atoms with van der Waals surface area (Å²) >= 11 is 0. The van der Waals surface area contributed by atoms with Gasteiger partial charge in [-0.05, 0) is 38.4 Å². The van der Waals surface area contributed by atoms with Crippen LogP contribution in [0.5, 0.6) is 0 Å². The van der Waals surface area contributed by atoms with Gasteiger partial charge < -0.3 is 10.2 Å². The van der Waals surface area contributed by atoms with Crippen molar-refractivity contribution in [3.8, 4) is 0 Å². The third kappa shape index (κ3) is 3.14. The summed E-state index contributed by atoms with van der Waals surface area (Å²) in [7, 11) is 0. The zero-order valence-corrected chi connectivity index (χ0v) is 11.5. The molecule has 0 aromatic heterocycles. The van der Waals surface area contributed by atoms with Crippen molar-refractivity contribution in [2.45, 2.75) is 25.8 Å². The number of hydrogen-bond acceptors (Lipinski definition) is 4. The number of nitrogens with zero attached hydrogens (tertiary/aromatic N) is 2. The molecule has 1 aromatic carbocycles. The van der Waals surface area contributed by atoms with E-state index in [1.165, 1.54) is 24.3 Å². The Bertz CT molecular complexity index is 481. The highest BCUT2D eigenvalue weighted by Gasteiger charge is 2.25. The minimum Gasteiger partial charge on any atom is -0.335 e. The van der Waals surface area contributed by atoms with Crippen LogP contribution in [0.25, 0.3) is 0 Å². The van der Waals surface area contributed by atoms with Crippen molar-refractivity contribution in [1.29, 1.82) is 0 Å². The molecule has 6 heteroatoms. The third-order valence-corrected chi connectivity index (χ3v) is 3.64. The monoisotopic (exact) mass is 277 g/mol. The maximum atomic E-state index is 12.5. The number of carbonyl (C=O) groups excluding carboxylic acids is 1. The summed E-state index contributed by atoms with van der Waals surface area (Å²) in [6.07, 6.45) is 2.06. The van der Waals surface area contributed by atoms with Crippen LogP contribution in [0.1, 0.15) is 30.1 Å². The number of likely N-dealkylation sites (N-methyl/N-ethyl adjacent to an activating group) is 1. The molecular formula is C14H19N3O3. The third-order valence-electron chi connectivity index (χ3n) is 3.64. The van der Waals surface area contributed by atoms with Gasteiger partial charge in [-0.1, -0.05) is 0 Å². The van der Waals surface area contributed by atoms with E-state index in [1.807, 2.05) is 11.8 Å². The lowest BCUT2D eigenvalue weighted by atomic mass is 10.0. The molecule has 1 atom stereocenters. The maximum absolute atomic E-state index is 12.5. The summed E-state index contributed by atoms with van der Waals surface area (Å²) in [5.41, 5.74) is 0.506. The second-order valence-corrected chi connectivity index (χ2v) is 4.90. The van der Waals surface area contributed by atoms with Crippen molar-refractivity contribution in [3.05, 3.63) is 39.9 Å². The molecule has 1 saturated heterocycles. The van der Waals surface area contributed by atoms with Crippen LogP contribution in [0.4, 0.5) is 5.69 Å². The Morgan fingerprint density at radius 2 is 2.15 bits per heavy atom. The molecule has 1 heterocycles. The number of nitro benzene ring substituents is 1. The molecule has 1 unspecified atom stereocenters. The van der Waals surface area contributed by atoms with E-state index in [9.17, 15) is 14.9 Å². The Hall–Kier alpha value is -1.95. The Kier molecular flexibility index (Phi) is 4.68. The zero-order valence-electron chi connectivity index (χ0n) is 11.5. The number of carbonyl (C=O) groups is 1. The Balaban J connectivity index is 2.13. The zero-order chi connectivity index (χ0) is 14.5. The molecule has 0 spiro atoms. The molecule has 0 radical (unpaired) electrons. The summed E-state index contributed by atoms with van der Waals surface area (Å²) in [4.78, 5) is 24.5. The van der Waals surface area contributed by atoms with Crippen LogP contribution in [-0.4, -0.2) is 41.4 Å². The molecule has 1 amide bonds. The van der Waals surface area contributed by atoms with Gasteiger partial charge in [0.1, 0.15) is 0 Å². The first kappa shape index (κ1) is 14.5. The predicted molar refractivity (Wildman–Crippen MR) is 75.7 cm³/mol. The first-order valence-corrected chi connectivity index (χ1v) is 6.89. The quantitative estimate of drug-likeness (QED) is 0.672. The van der Waals surface area contributed by atoms with E-state index >= 15 is 0 Å². The number of piperidine rings is 1. The van der Waals surface area contributed by atoms with E-state index < -0.39 is 4.92 Å². The predicted octanol–water partition coefficient (Wildman–Crippen LogP) is 1.81. The molecular weight excluding hydrogens is 258 g/mol. The second-order valence-electron chi connectivity index (χ2n) is 4.90. The van der Waals surface area contributed by atoms with Crippen LogP contribution >= 0.6 is 0 Å². The van der Waals surface area contributed by atoms with Gasteiger partial charge in [0.05, 0.1) is 4.92 Å². The van der Waals surface area contributed by atoms with Crippen molar-refractivity contribution in [2.24, 2.45) is 0 Å². The van der Waals surface area contributed by atoms with Gasteiger partial charge >= 0.3 is 0 Å². The molecule has 2 rings (SSSR count). The molecule has 0 aliphatic carbocycles. The molecule has 0 saturated carbocycles. The summed E-state index contributed by atoms with van der Waals surface area (Å²) in [5.74, 6) is -0.0592. The van der Waals surface area contributed by atoms with E-state index in [2.05, 4.69) is 5.32 Å². The lowest BCUT2D eigenvalue weighted by Crippen LogP contribution is -2.48. The fourth-order valence-electron chi connectivity index (χ4n) is 2.56. The summed E-state index contributed by atoms with van der Waals surface area (Å²) < 4.78 is 0. The maximum Gasteiger partial charge on any atom is 0.269 e. The number of benzene rings is 1. The van der Waals surface area contributed by atoms with Crippen LogP contribution in [0.15, 0.2) is 24.3 Å². The molecule has 1 N–H and O–H groups in total. The Labute approximate surface area is 117 Å². The molecule has 1 aliphatic rings. The van der Waals surface area contributed by atoms with Gasteiger partial charge in [-0.2, -0.15) is 0 Å². The van der Waals surface area contributed by atoms with Gasteiger partial charge in [-0.25, -0.2) is 0 Å². The minimum absolute atomic E-state index is 0.00364. The van der Waals surface area contributed by atoms with Crippen molar-refractivity contribution in [1.82, 2.24) is 10.2 Å². The number of amides is 1. The first-order chi connectivity index (χ1) is 9.63. The van der Waals surface area contributed by atoms with E-state index in [0.29, 0.717) is 12.1 Å². The number of nitro groups is 1. The number of hydrogen-bond donors (Lipinski definition) is 1. The van der Waals surface area contributed by atoms with E-state index in [1.54, 1.807) is 0 Å². The van der Waals surface area contributed by atoms with Crippen LogP contribution < -0.4 is 5.32 Å². The molecule has 0 bridgehead atoms. The highest BCUT2D eigenvalue weighted by atomic mass is 16.6. The average molecular weight is 277 g/mol. The standard InChI is InChI=1S/C14H19N3O3/c1-2-16(13-4-3-9-15-10-13)14(18)11-5-7-12(8-6-11)17(19)20/h5-8,13,15H,2-4,9-10H2,1H3. The molecule has 6 nitrogen and oxygen atoms in total. The van der Waals surface area contributed by atoms with Crippen LogP contribution in [-0.2, 0) is 0 Å². The van der Waals surface area contributed by atoms with Gasteiger partial charge in [0.15, 0.2) is 0 Å². The number of rotatable bonds is 4. The normalized spacial score (nSPS) is 18.6. The summed E-state index contributed by atoms with van der Waals surface area (Å²) in [5, 5.41) is 13.9. The lowest BCUT2D eigenvalue weighted by molar-refractivity contribution is -0.384. The highest BCUT2D eigenvalue weighted by molar-refractivity contribution is 5.94. The lowest BCUT2D eigenvalue weighted by Gasteiger charge is -2.34. The van der Waals surface area contributed by atoms with Crippen molar-refractivity contribution >= 4 is 11.6 Å². The van der Waals surface area contributed by atoms with Gasteiger partial charge in [0, 0.05) is 36.8 Å². The first-order valence-electron chi connectivity index (χ1n) is 6.89. The Morgan fingerprint density at radius 3 is 2.65 bits per heavy atom. The van der Waals surface area contributed by atoms with Crippen molar-refractivity contribution < 1.29 is 9.72 Å². The molecule has 108 valence electrons. The van der Waals surface area contributed by atoms with Crippen molar-refractivity contribution in [3.63, 3.8) is 0 Å². The second kappa shape index (κ2) is 6.47. The van der Waals surface area contributed by atoms with Gasteiger partial charge in [-0.15, -0.1) is 0 Å². The van der Waals surface area contributed by atoms with E-state index in [4.69, 9.17) is 0 Å². The average Bonchev–Trinajstić information content (AvgIpc) is 2.49. The van der Waals surface area contributed by atoms with E-state index in [-0.39, 0.29) is 17.6 Å². The number of non-ortho nitro benzene ring substituents is 1. The molecule has 1 fully saturated rings. The van der Waals surface area contributed by atoms with Crippen molar-refractivity contribution in [2.75, 3.05) is 19.6 Å². The fraction of sp³-hybridized carbons (Fsp3) is 0.500. The fourth-order valence-corrected chi connectivity index (χ4v) is 2.56. The number of nitrogens with one attached hydrogen (secondary N) is 1. The van der Waals surface area contributed by atoms with Crippen LogP contribution in [0.2, 0.25) is 0 Å². The molecule has 20 heavy (non-hydrogen) atoms. The van der Waals surface area contributed by atoms with E-state index in [0.717, 1.165) is 25.9 Å².